The van der Waals surface area contributed by atoms with E-state index in [1.807, 2.05) is 30.0 Å². The maximum Gasteiger partial charge on any atom is 0.236 e. The molecule has 1 saturated heterocycles. The largest absolute Gasteiger partial charge is 0.369 e. The molecule has 0 bridgehead atoms. The van der Waals surface area contributed by atoms with E-state index in [0.717, 1.165) is 23.6 Å². The number of rotatable bonds is 7. The third-order valence-corrected chi connectivity index (χ3v) is 4.68. The molecule has 0 radical (unpaired) electrons. The van der Waals surface area contributed by atoms with E-state index < -0.39 is 0 Å². The number of aromatic nitrogens is 3. The zero-order valence-corrected chi connectivity index (χ0v) is 16.4. The number of amides is 1. The summed E-state index contributed by atoms with van der Waals surface area (Å²) < 4.78 is 6.16. The molecule has 1 atom stereocenters. The molecule has 146 valence electrons. The fourth-order valence-corrected chi connectivity index (χ4v) is 3.34. The zero-order chi connectivity index (χ0) is 19.2. The van der Waals surface area contributed by atoms with Crippen LogP contribution in [0.1, 0.15) is 30.9 Å². The Balaban J connectivity index is 1.70. The molecule has 3 heterocycles. The van der Waals surface area contributed by atoms with E-state index in [-0.39, 0.29) is 12.0 Å². The van der Waals surface area contributed by atoms with Crippen molar-refractivity contribution in [1.82, 2.24) is 24.8 Å². The average Bonchev–Trinajstić information content (AvgIpc) is 2.97. The third-order valence-electron chi connectivity index (χ3n) is 4.68. The second-order valence-corrected chi connectivity index (χ2v) is 7.59. The molecule has 3 rings (SSSR count). The Morgan fingerprint density at radius 1 is 1.30 bits per heavy atom. The van der Waals surface area contributed by atoms with E-state index in [2.05, 4.69) is 33.7 Å². The highest BCUT2D eigenvalue weighted by atomic mass is 16.5. The summed E-state index contributed by atoms with van der Waals surface area (Å²) in [7, 11) is 0. The van der Waals surface area contributed by atoms with Gasteiger partial charge in [0.2, 0.25) is 5.91 Å². The molecule has 1 unspecified atom stereocenters. The van der Waals surface area contributed by atoms with Crippen molar-refractivity contribution in [3.63, 3.8) is 0 Å². The van der Waals surface area contributed by atoms with Crippen LogP contribution >= 0.6 is 0 Å². The first kappa shape index (κ1) is 19.5. The standard InChI is InChI=1S/C20H29N5O2/c1-15(2)8-25-10-18(27-13-17-6-4-5-7-21-17)9-24(12-20(25)26)11-19-16(3)22-14-23-19/h4-7,14-15,18H,8-13H2,1-3H3,(H,22,23). The molecule has 2 aromatic rings. The van der Waals surface area contributed by atoms with Gasteiger partial charge in [0.15, 0.2) is 0 Å². The maximum atomic E-state index is 12.8. The second-order valence-electron chi connectivity index (χ2n) is 7.59. The number of pyridine rings is 1. The fraction of sp³-hybridized carbons (Fsp3) is 0.550. The van der Waals surface area contributed by atoms with Crippen molar-refractivity contribution in [3.05, 3.63) is 47.8 Å². The van der Waals surface area contributed by atoms with Crippen LogP contribution in [0.3, 0.4) is 0 Å². The van der Waals surface area contributed by atoms with Crippen molar-refractivity contribution in [2.24, 2.45) is 5.92 Å². The van der Waals surface area contributed by atoms with Crippen LogP contribution in [-0.4, -0.2) is 62.9 Å². The molecule has 1 amide bonds. The summed E-state index contributed by atoms with van der Waals surface area (Å²) in [6.07, 6.45) is 3.41. The van der Waals surface area contributed by atoms with Crippen LogP contribution in [0.25, 0.3) is 0 Å². The quantitative estimate of drug-likeness (QED) is 0.806. The number of hydrogen-bond acceptors (Lipinski definition) is 5. The first-order valence-corrected chi connectivity index (χ1v) is 9.51. The number of hydrogen-bond donors (Lipinski definition) is 1. The molecule has 0 aliphatic carbocycles. The monoisotopic (exact) mass is 371 g/mol. The first-order chi connectivity index (χ1) is 13.0. The minimum atomic E-state index is -0.0588. The van der Waals surface area contributed by atoms with E-state index >= 15 is 0 Å². The fourth-order valence-electron chi connectivity index (χ4n) is 3.34. The van der Waals surface area contributed by atoms with Crippen LogP contribution in [0.2, 0.25) is 0 Å². The number of H-pyrrole nitrogens is 1. The number of aryl methyl sites for hydroxylation is 1. The Morgan fingerprint density at radius 2 is 2.15 bits per heavy atom. The summed E-state index contributed by atoms with van der Waals surface area (Å²) >= 11 is 0. The van der Waals surface area contributed by atoms with Gasteiger partial charge in [-0.1, -0.05) is 19.9 Å². The van der Waals surface area contributed by atoms with Crippen molar-refractivity contribution in [1.29, 1.82) is 0 Å². The van der Waals surface area contributed by atoms with Gasteiger partial charge < -0.3 is 14.6 Å². The van der Waals surface area contributed by atoms with Crippen LogP contribution in [-0.2, 0) is 22.7 Å². The van der Waals surface area contributed by atoms with Crippen LogP contribution in [0.5, 0.6) is 0 Å². The number of carbonyl (C=O) groups is 1. The molecule has 0 saturated carbocycles. The van der Waals surface area contributed by atoms with E-state index in [4.69, 9.17) is 4.74 Å². The molecule has 7 nitrogen and oxygen atoms in total. The molecule has 7 heteroatoms. The lowest BCUT2D eigenvalue weighted by Gasteiger charge is -2.26. The predicted octanol–water partition coefficient (Wildman–Crippen LogP) is 2.00. The minimum Gasteiger partial charge on any atom is -0.369 e. The third kappa shape index (κ3) is 5.61. The Kier molecular flexibility index (Phi) is 6.58. The van der Waals surface area contributed by atoms with Gasteiger partial charge >= 0.3 is 0 Å². The van der Waals surface area contributed by atoms with E-state index in [1.165, 1.54) is 0 Å². The lowest BCUT2D eigenvalue weighted by atomic mass is 10.2. The van der Waals surface area contributed by atoms with Gasteiger partial charge in [-0.3, -0.25) is 14.7 Å². The van der Waals surface area contributed by atoms with Crippen LogP contribution < -0.4 is 0 Å². The predicted molar refractivity (Wildman–Crippen MR) is 103 cm³/mol. The number of nitrogens with zero attached hydrogens (tertiary/aromatic N) is 4. The molecule has 1 aliphatic rings. The Morgan fingerprint density at radius 3 is 2.81 bits per heavy atom. The lowest BCUT2D eigenvalue weighted by molar-refractivity contribution is -0.132. The first-order valence-electron chi connectivity index (χ1n) is 9.51. The summed E-state index contributed by atoms with van der Waals surface area (Å²) in [5.41, 5.74) is 2.92. The summed E-state index contributed by atoms with van der Waals surface area (Å²) in [5.74, 6) is 0.575. The van der Waals surface area contributed by atoms with Gasteiger partial charge in [0.1, 0.15) is 0 Å². The minimum absolute atomic E-state index is 0.0588. The zero-order valence-electron chi connectivity index (χ0n) is 16.4. The van der Waals surface area contributed by atoms with Gasteiger partial charge in [-0.15, -0.1) is 0 Å². The molecular weight excluding hydrogens is 342 g/mol. The highest BCUT2D eigenvalue weighted by Gasteiger charge is 2.29. The Labute approximate surface area is 160 Å². The van der Waals surface area contributed by atoms with Crippen LogP contribution in [0.15, 0.2) is 30.7 Å². The molecule has 1 fully saturated rings. The van der Waals surface area contributed by atoms with E-state index in [0.29, 0.717) is 38.7 Å². The van der Waals surface area contributed by atoms with Crippen molar-refractivity contribution >= 4 is 5.91 Å². The van der Waals surface area contributed by atoms with E-state index in [1.54, 1.807) is 12.5 Å². The Bertz CT molecular complexity index is 731. The van der Waals surface area contributed by atoms with Gasteiger partial charge in [-0.25, -0.2) is 4.98 Å². The summed E-state index contributed by atoms with van der Waals surface area (Å²) in [4.78, 5) is 28.7. The van der Waals surface area contributed by atoms with Crippen LogP contribution in [0, 0.1) is 12.8 Å². The van der Waals surface area contributed by atoms with Crippen molar-refractivity contribution in [3.8, 4) is 0 Å². The van der Waals surface area contributed by atoms with Crippen molar-refractivity contribution < 1.29 is 9.53 Å². The molecule has 2 aromatic heterocycles. The molecule has 0 aromatic carbocycles. The van der Waals surface area contributed by atoms with Crippen molar-refractivity contribution in [2.45, 2.75) is 40.0 Å². The van der Waals surface area contributed by atoms with Gasteiger partial charge in [0.25, 0.3) is 0 Å². The number of carbonyl (C=O) groups excluding carboxylic acids is 1. The van der Waals surface area contributed by atoms with Gasteiger partial charge in [-0.05, 0) is 25.0 Å². The molecule has 1 aliphatic heterocycles. The molecule has 1 N–H and O–H groups in total. The maximum absolute atomic E-state index is 12.8. The van der Waals surface area contributed by atoms with Gasteiger partial charge in [-0.2, -0.15) is 0 Å². The number of nitrogens with one attached hydrogen (secondary N) is 1. The number of imidazole rings is 1. The summed E-state index contributed by atoms with van der Waals surface area (Å²) in [5, 5.41) is 0. The van der Waals surface area contributed by atoms with Crippen molar-refractivity contribution in [2.75, 3.05) is 26.2 Å². The smallest absolute Gasteiger partial charge is 0.236 e. The van der Waals surface area contributed by atoms with Gasteiger partial charge in [0, 0.05) is 38.1 Å². The SMILES string of the molecule is Cc1[nH]cnc1CN1CC(=O)N(CC(C)C)CC(OCc2ccccn2)C1. The van der Waals surface area contributed by atoms with E-state index in [9.17, 15) is 4.79 Å². The second kappa shape index (κ2) is 9.10. The lowest BCUT2D eigenvalue weighted by Crippen LogP contribution is -2.40. The molecule has 0 spiro atoms. The topological polar surface area (TPSA) is 74.4 Å². The van der Waals surface area contributed by atoms with Crippen LogP contribution in [0.4, 0.5) is 0 Å². The number of aromatic amines is 1. The molecule has 27 heavy (non-hydrogen) atoms. The average molecular weight is 371 g/mol. The number of ether oxygens (including phenoxy) is 1. The summed E-state index contributed by atoms with van der Waals surface area (Å²) in [6.45, 7) is 9.80. The normalized spacial score (nSPS) is 18.9. The Hall–Kier alpha value is -2.25. The highest BCUT2D eigenvalue weighted by Crippen LogP contribution is 2.15. The summed E-state index contributed by atoms with van der Waals surface area (Å²) in [6, 6.07) is 5.81. The molecular formula is C20H29N5O2. The van der Waals surface area contributed by atoms with Gasteiger partial charge in [0.05, 0.1) is 37.0 Å². The highest BCUT2D eigenvalue weighted by molar-refractivity contribution is 5.78.